The van der Waals surface area contributed by atoms with Crippen LogP contribution in [0.3, 0.4) is 0 Å². The van der Waals surface area contributed by atoms with Crippen molar-refractivity contribution < 1.29 is 22.8 Å². The van der Waals surface area contributed by atoms with Crippen molar-refractivity contribution in [2.75, 3.05) is 31.1 Å². The lowest BCUT2D eigenvalue weighted by atomic mass is 10.1. The molecule has 0 N–H and O–H groups in total. The average molecular weight is 455 g/mol. The number of anilines is 1. The maximum Gasteiger partial charge on any atom is 0.433 e. The Labute approximate surface area is 187 Å². The minimum atomic E-state index is -4.54. The number of rotatable bonds is 4. The van der Waals surface area contributed by atoms with Crippen LogP contribution in [-0.4, -0.2) is 63.9 Å². The number of pyridine rings is 2. The van der Waals surface area contributed by atoms with E-state index in [4.69, 9.17) is 0 Å². The SMILES string of the molecule is O=C1C2CN(c3nccc4nc(C(F)(F)F)ccc34)CCN2C(=O)N1CCc1ccccc1. The maximum absolute atomic E-state index is 13.0. The average Bonchev–Trinajstić information content (AvgIpc) is 3.06. The van der Waals surface area contributed by atoms with Crippen LogP contribution in [0.15, 0.2) is 54.7 Å². The number of nitrogens with zero attached hydrogens (tertiary/aromatic N) is 5. The minimum absolute atomic E-state index is 0.176. The monoisotopic (exact) mass is 455 g/mol. The number of carbonyl (C=O) groups excluding carboxylic acids is 2. The number of alkyl halides is 3. The molecule has 0 aliphatic carbocycles. The van der Waals surface area contributed by atoms with E-state index in [1.54, 1.807) is 4.90 Å². The lowest BCUT2D eigenvalue weighted by Gasteiger charge is -2.36. The van der Waals surface area contributed by atoms with Crippen LogP contribution in [0, 0.1) is 0 Å². The van der Waals surface area contributed by atoms with E-state index in [9.17, 15) is 22.8 Å². The molecule has 2 aliphatic rings. The molecule has 2 aliphatic heterocycles. The molecule has 3 amide bonds. The van der Waals surface area contributed by atoms with Crippen molar-refractivity contribution >= 4 is 28.7 Å². The fourth-order valence-electron chi connectivity index (χ4n) is 4.39. The molecule has 3 aromatic rings. The second kappa shape index (κ2) is 8.02. The Morgan fingerprint density at radius 2 is 1.79 bits per heavy atom. The first-order chi connectivity index (χ1) is 15.8. The zero-order valence-corrected chi connectivity index (χ0v) is 17.5. The first-order valence-corrected chi connectivity index (χ1v) is 10.6. The topological polar surface area (TPSA) is 69.6 Å². The van der Waals surface area contributed by atoms with Crippen LogP contribution in [0.25, 0.3) is 10.9 Å². The Morgan fingerprint density at radius 3 is 2.55 bits per heavy atom. The number of imide groups is 1. The summed E-state index contributed by atoms with van der Waals surface area (Å²) in [5.41, 5.74) is 0.244. The van der Waals surface area contributed by atoms with Gasteiger partial charge >= 0.3 is 12.2 Å². The van der Waals surface area contributed by atoms with Crippen molar-refractivity contribution in [3.05, 3.63) is 66.0 Å². The largest absolute Gasteiger partial charge is 0.433 e. The van der Waals surface area contributed by atoms with Gasteiger partial charge in [-0.25, -0.2) is 14.8 Å². The molecule has 7 nitrogen and oxygen atoms in total. The van der Waals surface area contributed by atoms with Gasteiger partial charge in [0.15, 0.2) is 0 Å². The third-order valence-electron chi connectivity index (χ3n) is 6.06. The number of halogens is 3. The maximum atomic E-state index is 13.0. The van der Waals surface area contributed by atoms with E-state index in [1.165, 1.54) is 23.2 Å². The highest BCUT2D eigenvalue weighted by molar-refractivity contribution is 6.05. The van der Waals surface area contributed by atoms with Crippen LogP contribution in [0.1, 0.15) is 11.3 Å². The second-order valence-electron chi connectivity index (χ2n) is 8.06. The molecule has 0 spiro atoms. The molecule has 2 fully saturated rings. The fraction of sp³-hybridized carbons (Fsp3) is 0.304. The molecule has 1 aromatic carbocycles. The molecule has 0 saturated carbocycles. The highest BCUT2D eigenvalue weighted by Gasteiger charge is 2.47. The third kappa shape index (κ3) is 3.85. The van der Waals surface area contributed by atoms with Crippen LogP contribution in [0.2, 0.25) is 0 Å². The summed E-state index contributed by atoms with van der Waals surface area (Å²) in [5.74, 6) is 0.190. The van der Waals surface area contributed by atoms with Gasteiger partial charge in [-0.05, 0) is 30.2 Å². The zero-order valence-electron chi connectivity index (χ0n) is 17.5. The van der Waals surface area contributed by atoms with E-state index in [-0.39, 0.29) is 24.0 Å². The molecule has 4 heterocycles. The van der Waals surface area contributed by atoms with Crippen molar-refractivity contribution in [3.8, 4) is 0 Å². The standard InChI is InChI=1S/C23H20F3N5O2/c24-23(25,26)19-7-6-16-17(28-19)8-10-27-20(16)29-12-13-30-18(14-29)21(32)31(22(30)33)11-9-15-4-2-1-3-5-15/h1-8,10,18H,9,11-14H2. The van der Waals surface area contributed by atoms with Gasteiger partial charge in [-0.3, -0.25) is 9.69 Å². The summed E-state index contributed by atoms with van der Waals surface area (Å²) in [7, 11) is 0. The summed E-state index contributed by atoms with van der Waals surface area (Å²) in [6, 6.07) is 12.4. The number of piperazine rings is 1. The summed E-state index contributed by atoms with van der Waals surface area (Å²) < 4.78 is 39.1. The molecular formula is C23H20F3N5O2. The van der Waals surface area contributed by atoms with E-state index in [0.29, 0.717) is 37.3 Å². The Bertz CT molecular complexity index is 1220. The van der Waals surface area contributed by atoms with Crippen molar-refractivity contribution in [1.29, 1.82) is 0 Å². The minimum Gasteiger partial charge on any atom is -0.352 e. The van der Waals surface area contributed by atoms with Gasteiger partial charge in [-0.2, -0.15) is 13.2 Å². The highest BCUT2D eigenvalue weighted by atomic mass is 19.4. The molecule has 170 valence electrons. The first kappa shape index (κ1) is 21.2. The van der Waals surface area contributed by atoms with Crippen LogP contribution in [-0.2, 0) is 17.4 Å². The summed E-state index contributed by atoms with van der Waals surface area (Å²) in [4.78, 5) is 38.7. The quantitative estimate of drug-likeness (QED) is 0.565. The predicted molar refractivity (Wildman–Crippen MR) is 115 cm³/mol. The number of fused-ring (bicyclic) bond motifs is 2. The number of hydrogen-bond acceptors (Lipinski definition) is 5. The number of amides is 3. The summed E-state index contributed by atoms with van der Waals surface area (Å²) in [6.45, 7) is 1.25. The number of carbonyl (C=O) groups is 2. The molecule has 1 atom stereocenters. The van der Waals surface area contributed by atoms with E-state index in [1.807, 2.05) is 35.2 Å². The second-order valence-corrected chi connectivity index (χ2v) is 8.06. The lowest BCUT2D eigenvalue weighted by molar-refractivity contribution is -0.141. The van der Waals surface area contributed by atoms with Crippen molar-refractivity contribution in [2.24, 2.45) is 0 Å². The van der Waals surface area contributed by atoms with Gasteiger partial charge in [-0.15, -0.1) is 0 Å². The number of benzene rings is 1. The molecule has 0 bridgehead atoms. The van der Waals surface area contributed by atoms with Gasteiger partial charge in [0.25, 0.3) is 5.91 Å². The molecule has 10 heteroatoms. The molecule has 1 unspecified atom stereocenters. The summed E-state index contributed by atoms with van der Waals surface area (Å²) in [5, 5.41) is 0.469. The number of urea groups is 1. The van der Waals surface area contributed by atoms with Crippen molar-refractivity contribution in [2.45, 2.75) is 18.6 Å². The normalized spacial score (nSPS) is 18.9. The smallest absolute Gasteiger partial charge is 0.352 e. The van der Waals surface area contributed by atoms with Crippen LogP contribution < -0.4 is 4.90 Å². The van der Waals surface area contributed by atoms with Crippen LogP contribution >= 0.6 is 0 Å². The van der Waals surface area contributed by atoms with Crippen LogP contribution in [0.5, 0.6) is 0 Å². The Hall–Kier alpha value is -3.69. The predicted octanol–water partition coefficient (Wildman–Crippen LogP) is 3.34. The fourth-order valence-corrected chi connectivity index (χ4v) is 4.39. The van der Waals surface area contributed by atoms with Gasteiger partial charge in [0, 0.05) is 37.8 Å². The Morgan fingerprint density at radius 1 is 1.00 bits per heavy atom. The molecule has 2 aromatic heterocycles. The molecule has 2 saturated heterocycles. The summed E-state index contributed by atoms with van der Waals surface area (Å²) in [6.07, 6.45) is -2.56. The Kier molecular flexibility index (Phi) is 5.15. The van der Waals surface area contributed by atoms with Gasteiger partial charge in [0.05, 0.1) is 5.52 Å². The molecule has 33 heavy (non-hydrogen) atoms. The van der Waals surface area contributed by atoms with Crippen LogP contribution in [0.4, 0.5) is 23.8 Å². The molecule has 0 radical (unpaired) electrons. The van der Waals surface area contributed by atoms with Crippen molar-refractivity contribution in [3.63, 3.8) is 0 Å². The Balaban J connectivity index is 1.36. The van der Waals surface area contributed by atoms with Gasteiger partial charge < -0.3 is 9.80 Å². The number of aromatic nitrogens is 2. The summed E-state index contributed by atoms with van der Waals surface area (Å²) >= 11 is 0. The van der Waals surface area contributed by atoms with E-state index in [0.717, 1.165) is 11.6 Å². The molecular weight excluding hydrogens is 435 g/mol. The third-order valence-corrected chi connectivity index (χ3v) is 6.06. The molecule has 5 rings (SSSR count). The van der Waals surface area contributed by atoms with Crippen molar-refractivity contribution in [1.82, 2.24) is 19.8 Å². The van der Waals surface area contributed by atoms with Gasteiger partial charge in [-0.1, -0.05) is 30.3 Å². The van der Waals surface area contributed by atoms with E-state index < -0.39 is 17.9 Å². The lowest BCUT2D eigenvalue weighted by Crippen LogP contribution is -2.53. The van der Waals surface area contributed by atoms with E-state index in [2.05, 4.69) is 9.97 Å². The highest BCUT2D eigenvalue weighted by Crippen LogP contribution is 2.32. The number of hydrogen-bond donors (Lipinski definition) is 0. The first-order valence-electron chi connectivity index (χ1n) is 10.6. The van der Waals surface area contributed by atoms with Gasteiger partial charge in [0.1, 0.15) is 17.6 Å². The zero-order chi connectivity index (χ0) is 23.2. The van der Waals surface area contributed by atoms with Gasteiger partial charge in [0.2, 0.25) is 0 Å². The van der Waals surface area contributed by atoms with E-state index >= 15 is 0 Å².